The molecule has 1 aromatic heterocycles. The van der Waals surface area contributed by atoms with Gasteiger partial charge in [0.25, 0.3) is 0 Å². The number of carbonyl (C=O) groups is 2. The predicted octanol–water partition coefficient (Wildman–Crippen LogP) is 6.26. The van der Waals surface area contributed by atoms with Gasteiger partial charge in [-0.05, 0) is 49.1 Å². The SMILES string of the molecule is COc1ccc(N(C(=O)Cc2c[nH]c3ccccc23)[C@H](C(=O)NC2CCCCC2)c2ccc(C)cc2)cc1OC. The fraction of sp³-hybridized carbons (Fsp3) is 0.333. The molecule has 1 aliphatic rings. The molecule has 0 aliphatic heterocycles. The second-order valence-corrected chi connectivity index (χ2v) is 10.5. The fourth-order valence-electron chi connectivity index (χ4n) is 5.63. The molecule has 208 valence electrons. The van der Waals surface area contributed by atoms with Crippen molar-refractivity contribution < 1.29 is 19.1 Å². The van der Waals surface area contributed by atoms with Crippen molar-refractivity contribution in [3.63, 3.8) is 0 Å². The lowest BCUT2D eigenvalue weighted by molar-refractivity contribution is -0.127. The van der Waals surface area contributed by atoms with Crippen LogP contribution in [0, 0.1) is 6.92 Å². The van der Waals surface area contributed by atoms with E-state index in [2.05, 4.69) is 10.3 Å². The summed E-state index contributed by atoms with van der Waals surface area (Å²) in [6.45, 7) is 2.01. The van der Waals surface area contributed by atoms with E-state index in [-0.39, 0.29) is 24.3 Å². The highest BCUT2D eigenvalue weighted by molar-refractivity contribution is 6.03. The minimum atomic E-state index is -0.863. The lowest BCUT2D eigenvalue weighted by Crippen LogP contribution is -2.47. The molecule has 2 N–H and O–H groups in total. The van der Waals surface area contributed by atoms with Crippen LogP contribution in [-0.2, 0) is 16.0 Å². The molecule has 0 radical (unpaired) electrons. The minimum absolute atomic E-state index is 0.102. The summed E-state index contributed by atoms with van der Waals surface area (Å²) in [6, 6.07) is 20.3. The van der Waals surface area contributed by atoms with Crippen molar-refractivity contribution in [2.45, 2.75) is 57.5 Å². The molecule has 0 unspecified atom stereocenters. The first-order chi connectivity index (χ1) is 19.5. The molecule has 5 rings (SSSR count). The Hall–Kier alpha value is -4.26. The van der Waals surface area contributed by atoms with Gasteiger partial charge in [0.05, 0.1) is 20.6 Å². The van der Waals surface area contributed by atoms with Gasteiger partial charge in [-0.3, -0.25) is 14.5 Å². The molecule has 7 heteroatoms. The molecule has 4 aromatic rings. The number of hydrogen-bond donors (Lipinski definition) is 2. The molecule has 1 fully saturated rings. The Kier molecular flexibility index (Phi) is 8.39. The van der Waals surface area contributed by atoms with Crippen LogP contribution in [0.3, 0.4) is 0 Å². The number of nitrogens with zero attached hydrogens (tertiary/aromatic N) is 1. The number of carbonyl (C=O) groups excluding carboxylic acids is 2. The smallest absolute Gasteiger partial charge is 0.248 e. The number of aromatic nitrogens is 1. The second-order valence-electron chi connectivity index (χ2n) is 10.5. The van der Waals surface area contributed by atoms with E-state index in [1.807, 2.05) is 67.7 Å². The van der Waals surface area contributed by atoms with E-state index in [9.17, 15) is 9.59 Å². The third-order valence-corrected chi connectivity index (χ3v) is 7.78. The molecule has 1 heterocycles. The average molecular weight is 540 g/mol. The number of amides is 2. The van der Waals surface area contributed by atoms with Crippen LogP contribution < -0.4 is 19.7 Å². The maximum Gasteiger partial charge on any atom is 0.248 e. The van der Waals surface area contributed by atoms with E-state index in [4.69, 9.17) is 9.47 Å². The normalized spacial score (nSPS) is 14.5. The number of benzene rings is 3. The Morgan fingerprint density at radius 3 is 2.40 bits per heavy atom. The number of nitrogens with one attached hydrogen (secondary N) is 2. The number of fused-ring (bicyclic) bond motifs is 1. The van der Waals surface area contributed by atoms with Crippen LogP contribution >= 0.6 is 0 Å². The maximum absolute atomic E-state index is 14.3. The summed E-state index contributed by atoms with van der Waals surface area (Å²) < 4.78 is 11.0. The number of methoxy groups -OCH3 is 2. The van der Waals surface area contributed by atoms with Crippen molar-refractivity contribution in [3.8, 4) is 11.5 Å². The number of rotatable bonds is 9. The first-order valence-electron chi connectivity index (χ1n) is 13.9. The Bertz CT molecular complexity index is 1470. The topological polar surface area (TPSA) is 83.7 Å². The molecular weight excluding hydrogens is 502 g/mol. The van der Waals surface area contributed by atoms with Crippen LogP contribution in [0.4, 0.5) is 5.69 Å². The van der Waals surface area contributed by atoms with Gasteiger partial charge in [0, 0.05) is 34.9 Å². The summed E-state index contributed by atoms with van der Waals surface area (Å²) >= 11 is 0. The van der Waals surface area contributed by atoms with E-state index in [1.54, 1.807) is 31.3 Å². The zero-order valence-electron chi connectivity index (χ0n) is 23.4. The Morgan fingerprint density at radius 1 is 0.950 bits per heavy atom. The molecule has 40 heavy (non-hydrogen) atoms. The molecule has 1 saturated carbocycles. The summed E-state index contributed by atoms with van der Waals surface area (Å²) in [4.78, 5) is 33.4. The molecule has 1 atom stereocenters. The van der Waals surface area contributed by atoms with Crippen molar-refractivity contribution in [2.24, 2.45) is 0 Å². The van der Waals surface area contributed by atoms with Gasteiger partial charge >= 0.3 is 0 Å². The van der Waals surface area contributed by atoms with Gasteiger partial charge in [0.15, 0.2) is 11.5 Å². The highest BCUT2D eigenvalue weighted by Crippen LogP contribution is 2.36. The molecule has 0 bridgehead atoms. The highest BCUT2D eigenvalue weighted by atomic mass is 16.5. The lowest BCUT2D eigenvalue weighted by Gasteiger charge is -2.34. The van der Waals surface area contributed by atoms with Gasteiger partial charge < -0.3 is 19.8 Å². The van der Waals surface area contributed by atoms with E-state index < -0.39 is 6.04 Å². The molecule has 2 amide bonds. The van der Waals surface area contributed by atoms with Gasteiger partial charge in [0.1, 0.15) is 6.04 Å². The molecule has 1 aliphatic carbocycles. The monoisotopic (exact) mass is 539 g/mol. The van der Waals surface area contributed by atoms with Crippen molar-refractivity contribution in [1.82, 2.24) is 10.3 Å². The molecule has 0 spiro atoms. The summed E-state index contributed by atoms with van der Waals surface area (Å²) in [5.74, 6) is 0.660. The maximum atomic E-state index is 14.3. The highest BCUT2D eigenvalue weighted by Gasteiger charge is 2.35. The molecule has 0 saturated heterocycles. The van der Waals surface area contributed by atoms with E-state index in [0.717, 1.165) is 53.3 Å². The summed E-state index contributed by atoms with van der Waals surface area (Å²) in [7, 11) is 3.14. The average Bonchev–Trinajstić information content (AvgIpc) is 3.39. The zero-order chi connectivity index (χ0) is 28.1. The molecule has 3 aromatic carbocycles. The van der Waals surface area contributed by atoms with Crippen LogP contribution in [0.25, 0.3) is 10.9 Å². The number of para-hydroxylation sites is 1. The quantitative estimate of drug-likeness (QED) is 0.263. The first-order valence-corrected chi connectivity index (χ1v) is 13.9. The van der Waals surface area contributed by atoms with E-state index in [1.165, 1.54) is 6.42 Å². The molecule has 7 nitrogen and oxygen atoms in total. The first kappa shape index (κ1) is 27.3. The number of hydrogen-bond acceptors (Lipinski definition) is 4. The lowest BCUT2D eigenvalue weighted by atomic mass is 9.94. The predicted molar refractivity (Wildman–Crippen MR) is 158 cm³/mol. The number of anilines is 1. The second kappa shape index (κ2) is 12.3. The zero-order valence-corrected chi connectivity index (χ0v) is 23.4. The third kappa shape index (κ3) is 5.83. The number of ether oxygens (including phenoxy) is 2. The van der Waals surface area contributed by atoms with Crippen molar-refractivity contribution >= 4 is 28.4 Å². The minimum Gasteiger partial charge on any atom is -0.493 e. The van der Waals surface area contributed by atoms with Crippen LogP contribution in [0.1, 0.15) is 54.8 Å². The van der Waals surface area contributed by atoms with Gasteiger partial charge in [-0.2, -0.15) is 0 Å². The number of aryl methyl sites for hydroxylation is 1. The number of aromatic amines is 1. The van der Waals surface area contributed by atoms with Gasteiger partial charge in [-0.1, -0.05) is 67.3 Å². The Morgan fingerprint density at radius 2 is 1.68 bits per heavy atom. The van der Waals surface area contributed by atoms with Gasteiger partial charge in [-0.25, -0.2) is 0 Å². The van der Waals surface area contributed by atoms with E-state index >= 15 is 0 Å². The largest absolute Gasteiger partial charge is 0.493 e. The Labute approximate surface area is 235 Å². The third-order valence-electron chi connectivity index (χ3n) is 7.78. The van der Waals surface area contributed by atoms with Gasteiger partial charge in [-0.15, -0.1) is 0 Å². The van der Waals surface area contributed by atoms with Crippen LogP contribution in [0.2, 0.25) is 0 Å². The van der Waals surface area contributed by atoms with Crippen LogP contribution in [0.15, 0.2) is 72.9 Å². The van der Waals surface area contributed by atoms with Gasteiger partial charge in [0.2, 0.25) is 11.8 Å². The van der Waals surface area contributed by atoms with Crippen molar-refractivity contribution in [3.05, 3.63) is 89.6 Å². The Balaban J connectivity index is 1.60. The summed E-state index contributed by atoms with van der Waals surface area (Å²) in [6.07, 6.45) is 7.28. The van der Waals surface area contributed by atoms with E-state index in [0.29, 0.717) is 17.2 Å². The van der Waals surface area contributed by atoms with Crippen molar-refractivity contribution in [2.75, 3.05) is 19.1 Å². The van der Waals surface area contributed by atoms with Crippen LogP contribution in [-0.4, -0.2) is 37.1 Å². The standard InChI is InChI=1S/C33H37N3O4/c1-22-13-15-23(16-14-22)32(33(38)35-25-9-5-4-6-10-25)36(26-17-18-29(39-2)30(20-26)40-3)31(37)19-24-21-34-28-12-8-7-11-27(24)28/h7-8,11-18,20-21,25,32,34H,4-6,9-10,19H2,1-3H3,(H,35,38)/t32-/m0/s1. The summed E-state index contributed by atoms with van der Waals surface area (Å²) in [5, 5.41) is 4.27. The number of H-pyrrole nitrogens is 1. The summed E-state index contributed by atoms with van der Waals surface area (Å²) in [5.41, 5.74) is 4.24. The fourth-order valence-corrected chi connectivity index (χ4v) is 5.63. The molecular formula is C33H37N3O4. The van der Waals surface area contributed by atoms with Crippen molar-refractivity contribution in [1.29, 1.82) is 0 Å². The van der Waals surface area contributed by atoms with Crippen LogP contribution in [0.5, 0.6) is 11.5 Å².